The SMILES string of the molecule is Cn1cc2c(-c3cc(F)c(Cn4cc(C(=O)N[C@H]5CC[C@@H]5O)c5nccn5c4=O)c(F)c3)cccc2n1. The van der Waals surface area contributed by atoms with Gasteiger partial charge in [0.15, 0.2) is 5.65 Å². The normalized spacial score (nSPS) is 17.3. The van der Waals surface area contributed by atoms with E-state index in [1.807, 2.05) is 6.07 Å². The van der Waals surface area contributed by atoms with Gasteiger partial charge in [-0.3, -0.25) is 18.4 Å². The van der Waals surface area contributed by atoms with Crippen LogP contribution in [0, 0.1) is 11.6 Å². The summed E-state index contributed by atoms with van der Waals surface area (Å²) >= 11 is 0. The lowest BCUT2D eigenvalue weighted by molar-refractivity contribution is 0.0447. The van der Waals surface area contributed by atoms with Gasteiger partial charge in [0, 0.05) is 42.8 Å². The second-order valence-electron chi connectivity index (χ2n) is 9.26. The van der Waals surface area contributed by atoms with E-state index in [-0.39, 0.29) is 16.8 Å². The van der Waals surface area contributed by atoms with Crippen LogP contribution in [0.15, 0.2) is 59.9 Å². The average Bonchev–Trinajstić information content (AvgIpc) is 3.51. The van der Waals surface area contributed by atoms with Crippen LogP contribution in [0.1, 0.15) is 28.8 Å². The Labute approximate surface area is 208 Å². The predicted octanol–water partition coefficient (Wildman–Crippen LogP) is 2.63. The molecule has 0 aliphatic heterocycles. The molecule has 1 saturated carbocycles. The third-order valence-corrected chi connectivity index (χ3v) is 6.86. The fraction of sp³-hybridized carbons (Fsp3) is 0.231. The molecule has 3 heterocycles. The van der Waals surface area contributed by atoms with Gasteiger partial charge in [0.1, 0.15) is 11.6 Å². The second-order valence-corrected chi connectivity index (χ2v) is 9.26. The topological polar surface area (TPSA) is 106 Å². The number of aromatic nitrogens is 5. The number of aliphatic hydroxyl groups excluding tert-OH is 1. The Morgan fingerprint density at radius 1 is 1.19 bits per heavy atom. The van der Waals surface area contributed by atoms with Gasteiger partial charge in [-0.25, -0.2) is 18.6 Å². The first-order chi connectivity index (χ1) is 17.8. The summed E-state index contributed by atoms with van der Waals surface area (Å²) in [5.74, 6) is -2.18. The molecular formula is C26H22F2N6O3. The van der Waals surface area contributed by atoms with E-state index in [2.05, 4.69) is 15.4 Å². The highest BCUT2D eigenvalue weighted by atomic mass is 19.1. The number of hydrogen-bond acceptors (Lipinski definition) is 5. The van der Waals surface area contributed by atoms with Crippen molar-refractivity contribution in [2.75, 3.05) is 0 Å². The first-order valence-corrected chi connectivity index (χ1v) is 11.8. The summed E-state index contributed by atoms with van der Waals surface area (Å²) in [6, 6.07) is 7.41. The van der Waals surface area contributed by atoms with Crippen LogP contribution < -0.4 is 11.0 Å². The van der Waals surface area contributed by atoms with Gasteiger partial charge in [0.05, 0.1) is 29.8 Å². The van der Waals surface area contributed by atoms with Crippen LogP contribution in [0.5, 0.6) is 0 Å². The zero-order valence-electron chi connectivity index (χ0n) is 19.7. The smallest absolute Gasteiger partial charge is 0.334 e. The Morgan fingerprint density at radius 3 is 2.68 bits per heavy atom. The van der Waals surface area contributed by atoms with Crippen LogP contribution in [0.3, 0.4) is 0 Å². The van der Waals surface area contributed by atoms with Crippen LogP contribution >= 0.6 is 0 Å². The summed E-state index contributed by atoms with van der Waals surface area (Å²) in [4.78, 5) is 30.0. The minimum absolute atomic E-state index is 0.0596. The minimum Gasteiger partial charge on any atom is -0.391 e. The predicted molar refractivity (Wildman–Crippen MR) is 131 cm³/mol. The molecule has 3 aromatic heterocycles. The number of nitrogens with zero attached hydrogens (tertiary/aromatic N) is 5. The summed E-state index contributed by atoms with van der Waals surface area (Å²) in [6.07, 6.45) is 6.36. The van der Waals surface area contributed by atoms with E-state index < -0.39 is 41.9 Å². The molecule has 0 bridgehead atoms. The summed E-state index contributed by atoms with van der Waals surface area (Å²) in [5, 5.41) is 17.6. The number of nitrogens with one attached hydrogen (secondary N) is 1. The summed E-state index contributed by atoms with van der Waals surface area (Å²) in [7, 11) is 1.77. The molecule has 2 aromatic carbocycles. The van der Waals surface area contributed by atoms with Crippen molar-refractivity contribution in [2.24, 2.45) is 7.05 Å². The van der Waals surface area contributed by atoms with Crippen LogP contribution in [-0.2, 0) is 13.6 Å². The second kappa shape index (κ2) is 8.63. The van der Waals surface area contributed by atoms with Crippen molar-refractivity contribution in [1.82, 2.24) is 29.0 Å². The Hall–Kier alpha value is -4.38. The highest BCUT2D eigenvalue weighted by molar-refractivity contribution is 5.99. The number of aryl methyl sites for hydroxylation is 1. The molecule has 5 aromatic rings. The maximum atomic E-state index is 15.3. The van der Waals surface area contributed by atoms with Crippen LogP contribution in [-0.4, -0.2) is 46.9 Å². The number of carbonyl (C=O) groups is 1. The number of halogens is 2. The number of rotatable bonds is 5. The molecule has 11 heteroatoms. The molecule has 1 amide bonds. The number of fused-ring (bicyclic) bond motifs is 2. The standard InChI is InChI=1S/C26H22F2N6O3/c1-32-11-16-15(3-2-4-21(16)31-32)14-9-19(27)17(20(28)10-14)12-33-13-18(24-29-7-8-34(24)26(33)37)25(36)30-22-5-6-23(22)35/h2-4,7-11,13,22-23,35H,5-6,12H2,1H3,(H,30,36)/t22-,23-/m0/s1. The van der Waals surface area contributed by atoms with Gasteiger partial charge in [-0.05, 0) is 42.2 Å². The lowest BCUT2D eigenvalue weighted by Crippen LogP contribution is -2.50. The van der Waals surface area contributed by atoms with E-state index in [9.17, 15) is 14.7 Å². The quantitative estimate of drug-likeness (QED) is 0.383. The van der Waals surface area contributed by atoms with Gasteiger partial charge < -0.3 is 10.4 Å². The van der Waals surface area contributed by atoms with Crippen molar-refractivity contribution in [2.45, 2.75) is 31.5 Å². The molecule has 0 spiro atoms. The molecule has 2 N–H and O–H groups in total. The summed E-state index contributed by atoms with van der Waals surface area (Å²) < 4.78 is 34.5. The van der Waals surface area contributed by atoms with Crippen molar-refractivity contribution in [1.29, 1.82) is 0 Å². The molecular weight excluding hydrogens is 482 g/mol. The van der Waals surface area contributed by atoms with Crippen molar-refractivity contribution in [3.05, 3.63) is 88.4 Å². The molecule has 2 atom stereocenters. The molecule has 1 aliphatic carbocycles. The zero-order chi connectivity index (χ0) is 25.8. The lowest BCUT2D eigenvalue weighted by atomic mass is 9.89. The molecule has 188 valence electrons. The molecule has 6 rings (SSSR count). The Kier molecular flexibility index (Phi) is 5.37. The Balaban J connectivity index is 1.38. The van der Waals surface area contributed by atoms with E-state index in [1.165, 1.54) is 30.7 Å². The van der Waals surface area contributed by atoms with E-state index in [1.54, 1.807) is 30.1 Å². The third kappa shape index (κ3) is 3.87. The van der Waals surface area contributed by atoms with E-state index >= 15 is 8.78 Å². The fourth-order valence-electron chi connectivity index (χ4n) is 4.73. The fourth-order valence-corrected chi connectivity index (χ4v) is 4.73. The molecule has 0 radical (unpaired) electrons. The lowest BCUT2D eigenvalue weighted by Gasteiger charge is -2.32. The number of hydrogen-bond donors (Lipinski definition) is 2. The molecule has 1 fully saturated rings. The molecule has 0 unspecified atom stereocenters. The molecule has 0 saturated heterocycles. The van der Waals surface area contributed by atoms with Gasteiger partial charge in [-0.2, -0.15) is 5.10 Å². The zero-order valence-corrected chi connectivity index (χ0v) is 19.7. The highest BCUT2D eigenvalue weighted by Gasteiger charge is 2.31. The largest absolute Gasteiger partial charge is 0.391 e. The van der Waals surface area contributed by atoms with Crippen molar-refractivity contribution in [3.63, 3.8) is 0 Å². The minimum atomic E-state index is -0.822. The van der Waals surface area contributed by atoms with E-state index in [0.29, 0.717) is 29.5 Å². The number of imidazole rings is 1. The average molecular weight is 504 g/mol. The van der Waals surface area contributed by atoms with Crippen molar-refractivity contribution < 1.29 is 18.7 Å². The van der Waals surface area contributed by atoms with Crippen LogP contribution in [0.4, 0.5) is 8.78 Å². The Morgan fingerprint density at radius 2 is 1.97 bits per heavy atom. The molecule has 37 heavy (non-hydrogen) atoms. The highest BCUT2D eigenvalue weighted by Crippen LogP contribution is 2.30. The first-order valence-electron chi connectivity index (χ1n) is 11.8. The van der Waals surface area contributed by atoms with Gasteiger partial charge >= 0.3 is 5.69 Å². The summed E-state index contributed by atoms with van der Waals surface area (Å²) in [5.41, 5.74) is 0.932. The van der Waals surface area contributed by atoms with Gasteiger partial charge in [-0.1, -0.05) is 12.1 Å². The summed E-state index contributed by atoms with van der Waals surface area (Å²) in [6.45, 7) is -0.436. The van der Waals surface area contributed by atoms with E-state index in [0.717, 1.165) is 14.4 Å². The van der Waals surface area contributed by atoms with Crippen LogP contribution in [0.25, 0.3) is 27.7 Å². The maximum absolute atomic E-state index is 15.3. The van der Waals surface area contributed by atoms with Crippen molar-refractivity contribution >= 4 is 22.5 Å². The number of carbonyl (C=O) groups excluding carboxylic acids is 1. The van der Waals surface area contributed by atoms with Crippen LogP contribution in [0.2, 0.25) is 0 Å². The molecule has 9 nitrogen and oxygen atoms in total. The maximum Gasteiger partial charge on any atom is 0.334 e. The van der Waals surface area contributed by atoms with E-state index in [4.69, 9.17) is 0 Å². The van der Waals surface area contributed by atoms with Gasteiger partial charge in [-0.15, -0.1) is 0 Å². The number of benzene rings is 2. The number of aliphatic hydroxyl groups is 1. The van der Waals surface area contributed by atoms with Gasteiger partial charge in [0.2, 0.25) is 0 Å². The first kappa shape index (κ1) is 23.0. The third-order valence-electron chi connectivity index (χ3n) is 6.86. The van der Waals surface area contributed by atoms with Gasteiger partial charge in [0.25, 0.3) is 5.91 Å². The Bertz CT molecular complexity index is 1730. The molecule has 1 aliphatic rings. The number of amides is 1. The van der Waals surface area contributed by atoms with Crippen molar-refractivity contribution in [3.8, 4) is 11.1 Å². The monoisotopic (exact) mass is 504 g/mol.